The van der Waals surface area contributed by atoms with Crippen LogP contribution in [0.3, 0.4) is 0 Å². The van der Waals surface area contributed by atoms with Gasteiger partial charge in [-0.1, -0.05) is 13.8 Å². The average molecular weight is 357 g/mol. The molecule has 0 bridgehead atoms. The van der Waals surface area contributed by atoms with Gasteiger partial charge in [-0.15, -0.1) is 0 Å². The molecule has 0 aliphatic carbocycles. The Balaban J connectivity index is 1.60. The van der Waals surface area contributed by atoms with Gasteiger partial charge in [0.05, 0.1) is 18.8 Å². The Hall–Kier alpha value is -1.81. The van der Waals surface area contributed by atoms with E-state index in [1.54, 1.807) is 6.26 Å². The number of benzene rings is 1. The highest BCUT2D eigenvalue weighted by Crippen LogP contribution is 2.29. The molecule has 4 nitrogen and oxygen atoms in total. The van der Waals surface area contributed by atoms with Crippen LogP contribution in [0.2, 0.25) is 0 Å². The zero-order valence-electron chi connectivity index (χ0n) is 16.4. The maximum absolute atomic E-state index is 12.5. The number of fused-ring (bicyclic) bond motifs is 1. The molecule has 1 aliphatic heterocycles. The molecule has 2 unspecified atom stereocenters. The van der Waals surface area contributed by atoms with Crippen molar-refractivity contribution in [3.63, 3.8) is 0 Å². The van der Waals surface area contributed by atoms with Gasteiger partial charge < -0.3 is 14.5 Å². The van der Waals surface area contributed by atoms with E-state index in [1.165, 1.54) is 11.1 Å². The predicted octanol–water partition coefficient (Wildman–Crippen LogP) is 4.87. The smallest absolute Gasteiger partial charge is 0.224 e. The van der Waals surface area contributed by atoms with E-state index in [-0.39, 0.29) is 11.9 Å². The zero-order valence-corrected chi connectivity index (χ0v) is 16.4. The summed E-state index contributed by atoms with van der Waals surface area (Å²) < 4.78 is 11.3. The van der Waals surface area contributed by atoms with Gasteiger partial charge in [-0.3, -0.25) is 4.79 Å². The first kappa shape index (κ1) is 19.0. The molecule has 1 aliphatic rings. The Kier molecular flexibility index (Phi) is 6.02. The van der Waals surface area contributed by atoms with Crippen molar-refractivity contribution in [3.8, 4) is 0 Å². The average Bonchev–Trinajstić information content (AvgIpc) is 3.22. The third-order valence-corrected chi connectivity index (χ3v) is 5.37. The summed E-state index contributed by atoms with van der Waals surface area (Å²) in [5, 5.41) is 4.18. The Bertz CT molecular complexity index is 756. The molecule has 1 saturated heterocycles. The van der Waals surface area contributed by atoms with Crippen LogP contribution < -0.4 is 5.32 Å². The second kappa shape index (κ2) is 8.26. The second-order valence-corrected chi connectivity index (χ2v) is 7.98. The van der Waals surface area contributed by atoms with Crippen molar-refractivity contribution in [3.05, 3.63) is 35.1 Å². The van der Waals surface area contributed by atoms with Crippen molar-refractivity contribution in [2.24, 2.45) is 0 Å². The quantitative estimate of drug-likeness (QED) is 0.769. The van der Waals surface area contributed by atoms with Crippen LogP contribution in [0.1, 0.15) is 69.1 Å². The van der Waals surface area contributed by atoms with Gasteiger partial charge in [0.15, 0.2) is 0 Å². The number of hydrogen-bond donors (Lipinski definition) is 1. The van der Waals surface area contributed by atoms with Crippen molar-refractivity contribution in [2.45, 2.75) is 77.9 Å². The van der Waals surface area contributed by atoms with Gasteiger partial charge in [0.1, 0.15) is 5.58 Å². The van der Waals surface area contributed by atoms with Crippen LogP contribution in [0.15, 0.2) is 22.8 Å². The number of amides is 1. The number of hydrogen-bond acceptors (Lipinski definition) is 3. The largest absolute Gasteiger partial charge is 0.464 e. The van der Waals surface area contributed by atoms with Crippen LogP contribution in [0, 0.1) is 6.92 Å². The highest BCUT2D eigenvalue weighted by atomic mass is 16.5. The summed E-state index contributed by atoms with van der Waals surface area (Å²) in [5.41, 5.74) is 4.37. The summed E-state index contributed by atoms with van der Waals surface area (Å²) in [6.07, 6.45) is 6.76. The molecule has 1 aromatic carbocycles. The fraction of sp³-hybridized carbons (Fsp3) is 0.591. The van der Waals surface area contributed by atoms with Crippen molar-refractivity contribution < 1.29 is 13.9 Å². The molecule has 4 heteroatoms. The van der Waals surface area contributed by atoms with E-state index in [0.29, 0.717) is 18.4 Å². The summed E-state index contributed by atoms with van der Waals surface area (Å²) in [5.74, 6) is 0.507. The standard InChI is InChI=1S/C22H31NO3/c1-14(2)19-12-20-17(13-26-21(20)10-15(19)3)11-22(24)23-16(4)7-8-18-6-5-9-25-18/h10,12-14,16,18H,5-9,11H2,1-4H3,(H,23,24). The lowest BCUT2D eigenvalue weighted by molar-refractivity contribution is -0.121. The number of nitrogens with one attached hydrogen (secondary N) is 1. The number of carbonyl (C=O) groups excluding carboxylic acids is 1. The topological polar surface area (TPSA) is 51.5 Å². The number of furan rings is 1. The second-order valence-electron chi connectivity index (χ2n) is 7.98. The van der Waals surface area contributed by atoms with Crippen LogP contribution in [0.4, 0.5) is 0 Å². The van der Waals surface area contributed by atoms with E-state index in [0.717, 1.165) is 48.8 Å². The van der Waals surface area contributed by atoms with E-state index >= 15 is 0 Å². The normalized spacial score (nSPS) is 18.6. The SMILES string of the molecule is Cc1cc2occ(CC(=O)NC(C)CCC3CCCO3)c2cc1C(C)C. The van der Waals surface area contributed by atoms with Crippen molar-refractivity contribution in [1.82, 2.24) is 5.32 Å². The lowest BCUT2D eigenvalue weighted by Gasteiger charge is -2.16. The molecule has 2 aromatic rings. The monoisotopic (exact) mass is 357 g/mol. The molecule has 1 fully saturated rings. The molecule has 0 spiro atoms. The Morgan fingerprint density at radius 1 is 1.31 bits per heavy atom. The molecule has 142 valence electrons. The van der Waals surface area contributed by atoms with Crippen molar-refractivity contribution in [2.75, 3.05) is 6.61 Å². The zero-order chi connectivity index (χ0) is 18.7. The van der Waals surface area contributed by atoms with Gasteiger partial charge in [-0.05, 0) is 68.7 Å². The number of carbonyl (C=O) groups is 1. The minimum atomic E-state index is 0.0548. The molecular formula is C22H31NO3. The van der Waals surface area contributed by atoms with Crippen LogP contribution >= 0.6 is 0 Å². The summed E-state index contributed by atoms with van der Waals surface area (Å²) in [6, 6.07) is 4.43. The highest BCUT2D eigenvalue weighted by molar-refractivity contribution is 5.88. The first-order valence-electron chi connectivity index (χ1n) is 9.85. The van der Waals surface area contributed by atoms with Crippen molar-refractivity contribution in [1.29, 1.82) is 0 Å². The molecule has 2 atom stereocenters. The minimum absolute atomic E-state index is 0.0548. The third-order valence-electron chi connectivity index (χ3n) is 5.37. The molecule has 0 radical (unpaired) electrons. The highest BCUT2D eigenvalue weighted by Gasteiger charge is 2.18. The van der Waals surface area contributed by atoms with Gasteiger partial charge >= 0.3 is 0 Å². The van der Waals surface area contributed by atoms with E-state index in [2.05, 4.69) is 45.1 Å². The van der Waals surface area contributed by atoms with Crippen LogP contribution in [-0.2, 0) is 16.0 Å². The summed E-state index contributed by atoms with van der Waals surface area (Å²) in [4.78, 5) is 12.5. The maximum Gasteiger partial charge on any atom is 0.224 e. The molecule has 1 aromatic heterocycles. The molecule has 3 rings (SSSR count). The number of rotatable bonds is 7. The van der Waals surface area contributed by atoms with Crippen LogP contribution in [0.5, 0.6) is 0 Å². The maximum atomic E-state index is 12.5. The molecule has 1 amide bonds. The molecule has 2 heterocycles. The van der Waals surface area contributed by atoms with E-state index in [4.69, 9.17) is 9.15 Å². The fourth-order valence-electron chi connectivity index (χ4n) is 3.88. The summed E-state index contributed by atoms with van der Waals surface area (Å²) in [6.45, 7) is 9.45. The van der Waals surface area contributed by atoms with Crippen LogP contribution in [0.25, 0.3) is 11.0 Å². The molecule has 1 N–H and O–H groups in total. The minimum Gasteiger partial charge on any atom is -0.464 e. The van der Waals surface area contributed by atoms with E-state index in [1.807, 2.05) is 0 Å². The summed E-state index contributed by atoms with van der Waals surface area (Å²) >= 11 is 0. The number of ether oxygens (including phenoxy) is 1. The van der Waals surface area contributed by atoms with Gasteiger partial charge in [0, 0.05) is 23.6 Å². The first-order chi connectivity index (χ1) is 12.4. The Morgan fingerprint density at radius 2 is 2.12 bits per heavy atom. The van der Waals surface area contributed by atoms with Crippen molar-refractivity contribution >= 4 is 16.9 Å². The lowest BCUT2D eigenvalue weighted by Crippen LogP contribution is -2.34. The van der Waals surface area contributed by atoms with Gasteiger partial charge in [0.25, 0.3) is 0 Å². The Labute approximate surface area is 156 Å². The van der Waals surface area contributed by atoms with Gasteiger partial charge in [-0.25, -0.2) is 0 Å². The summed E-state index contributed by atoms with van der Waals surface area (Å²) in [7, 11) is 0. The lowest BCUT2D eigenvalue weighted by atomic mass is 9.95. The molecular weight excluding hydrogens is 326 g/mol. The molecule has 26 heavy (non-hydrogen) atoms. The van der Waals surface area contributed by atoms with E-state index < -0.39 is 0 Å². The Morgan fingerprint density at radius 3 is 2.81 bits per heavy atom. The fourth-order valence-corrected chi connectivity index (χ4v) is 3.88. The first-order valence-corrected chi connectivity index (χ1v) is 9.85. The molecule has 0 saturated carbocycles. The van der Waals surface area contributed by atoms with Crippen LogP contribution in [-0.4, -0.2) is 24.7 Å². The third kappa shape index (κ3) is 4.47. The predicted molar refractivity (Wildman–Crippen MR) is 105 cm³/mol. The number of aryl methyl sites for hydroxylation is 1. The van der Waals surface area contributed by atoms with E-state index in [9.17, 15) is 4.79 Å². The van der Waals surface area contributed by atoms with Gasteiger partial charge in [-0.2, -0.15) is 0 Å². The van der Waals surface area contributed by atoms with Gasteiger partial charge in [0.2, 0.25) is 5.91 Å².